The van der Waals surface area contributed by atoms with E-state index >= 15 is 0 Å². The molecule has 0 aliphatic carbocycles. The number of aliphatic hydroxyl groups is 1. The second kappa shape index (κ2) is 5.02. The van der Waals surface area contributed by atoms with Crippen LogP contribution in [0.3, 0.4) is 0 Å². The maximum atomic E-state index is 9.44. The Hall–Kier alpha value is -1.13. The molecule has 4 nitrogen and oxygen atoms in total. The van der Waals surface area contributed by atoms with E-state index in [0.29, 0.717) is 6.04 Å². The Morgan fingerprint density at radius 1 is 1.41 bits per heavy atom. The lowest BCUT2D eigenvalue weighted by Crippen LogP contribution is -2.50. The van der Waals surface area contributed by atoms with E-state index in [1.165, 1.54) is 0 Å². The third kappa shape index (κ3) is 2.76. The van der Waals surface area contributed by atoms with Gasteiger partial charge in [0.1, 0.15) is 5.82 Å². The molecule has 17 heavy (non-hydrogen) atoms. The molecule has 2 atom stereocenters. The van der Waals surface area contributed by atoms with Crippen LogP contribution in [0, 0.1) is 0 Å². The van der Waals surface area contributed by atoms with Crippen LogP contribution in [0.15, 0.2) is 18.3 Å². The van der Waals surface area contributed by atoms with Gasteiger partial charge in [-0.1, -0.05) is 6.07 Å². The Morgan fingerprint density at radius 2 is 2.18 bits per heavy atom. The van der Waals surface area contributed by atoms with Gasteiger partial charge in [0.2, 0.25) is 0 Å². The summed E-state index contributed by atoms with van der Waals surface area (Å²) >= 11 is 0. The molecule has 0 saturated carbocycles. The van der Waals surface area contributed by atoms with Crippen LogP contribution in [0.4, 0.5) is 5.82 Å². The predicted molar refractivity (Wildman–Crippen MR) is 69.2 cm³/mol. The zero-order valence-electron chi connectivity index (χ0n) is 10.8. The van der Waals surface area contributed by atoms with E-state index in [0.717, 1.165) is 31.0 Å². The first-order valence-electron chi connectivity index (χ1n) is 6.17. The molecule has 0 amide bonds. The van der Waals surface area contributed by atoms with Crippen molar-refractivity contribution in [1.29, 1.82) is 0 Å². The van der Waals surface area contributed by atoms with Crippen LogP contribution < -0.4 is 4.90 Å². The van der Waals surface area contributed by atoms with E-state index in [9.17, 15) is 5.11 Å². The molecule has 1 aliphatic rings. The molecule has 94 valence electrons. The number of rotatable bonds is 2. The topological polar surface area (TPSA) is 39.6 Å². The average Bonchev–Trinajstić information content (AvgIpc) is 2.33. The quantitative estimate of drug-likeness (QED) is 0.838. The lowest BCUT2D eigenvalue weighted by molar-refractivity contribution is 0.199. The van der Waals surface area contributed by atoms with Crippen LogP contribution in [0.25, 0.3) is 0 Å². The fourth-order valence-corrected chi connectivity index (χ4v) is 2.09. The molecular weight excluding hydrogens is 214 g/mol. The number of aliphatic hydroxyl groups excluding tert-OH is 1. The van der Waals surface area contributed by atoms with Gasteiger partial charge < -0.3 is 14.9 Å². The van der Waals surface area contributed by atoms with Crippen molar-refractivity contribution in [2.24, 2.45) is 0 Å². The van der Waals surface area contributed by atoms with Gasteiger partial charge >= 0.3 is 0 Å². The summed E-state index contributed by atoms with van der Waals surface area (Å²) in [4.78, 5) is 9.09. The third-order valence-electron chi connectivity index (χ3n) is 3.54. The summed E-state index contributed by atoms with van der Waals surface area (Å²) in [7, 11) is 2.16. The fraction of sp³-hybridized carbons (Fsp3) is 0.615. The van der Waals surface area contributed by atoms with E-state index in [2.05, 4.69) is 28.8 Å². The first-order chi connectivity index (χ1) is 8.08. The number of likely N-dealkylation sites (N-methyl/N-ethyl adjacent to an activating group) is 1. The van der Waals surface area contributed by atoms with Crippen LogP contribution in [-0.4, -0.2) is 47.7 Å². The Labute approximate surface area is 103 Å². The molecule has 1 unspecified atom stereocenters. The molecule has 0 aromatic carbocycles. The molecule has 1 saturated heterocycles. The maximum absolute atomic E-state index is 9.44. The number of hydrogen-bond donors (Lipinski definition) is 1. The van der Waals surface area contributed by atoms with Crippen molar-refractivity contribution in [3.8, 4) is 0 Å². The number of anilines is 1. The minimum atomic E-state index is -0.442. The van der Waals surface area contributed by atoms with Crippen molar-refractivity contribution in [1.82, 2.24) is 9.88 Å². The summed E-state index contributed by atoms with van der Waals surface area (Å²) < 4.78 is 0. The molecule has 1 aromatic rings. The molecule has 1 aliphatic heterocycles. The van der Waals surface area contributed by atoms with Gasteiger partial charge in [-0.15, -0.1) is 0 Å². The summed E-state index contributed by atoms with van der Waals surface area (Å²) in [6, 6.07) is 4.51. The molecule has 0 radical (unpaired) electrons. The highest BCUT2D eigenvalue weighted by Gasteiger charge is 2.21. The molecule has 1 aromatic heterocycles. The van der Waals surface area contributed by atoms with Crippen LogP contribution >= 0.6 is 0 Å². The van der Waals surface area contributed by atoms with Crippen molar-refractivity contribution in [2.75, 3.05) is 31.6 Å². The summed E-state index contributed by atoms with van der Waals surface area (Å²) in [6.45, 7) is 7.09. The highest BCUT2D eigenvalue weighted by Crippen LogP contribution is 2.18. The number of nitrogens with zero attached hydrogens (tertiary/aromatic N) is 3. The lowest BCUT2D eigenvalue weighted by atomic mass is 10.1. The van der Waals surface area contributed by atoms with Gasteiger partial charge in [-0.05, 0) is 32.5 Å². The lowest BCUT2D eigenvalue weighted by Gasteiger charge is -2.38. The summed E-state index contributed by atoms with van der Waals surface area (Å²) in [6.07, 6.45) is 1.33. The highest BCUT2D eigenvalue weighted by molar-refractivity contribution is 5.40. The van der Waals surface area contributed by atoms with E-state index in [4.69, 9.17) is 0 Å². The van der Waals surface area contributed by atoms with Gasteiger partial charge in [-0.2, -0.15) is 0 Å². The average molecular weight is 235 g/mol. The zero-order valence-corrected chi connectivity index (χ0v) is 10.8. The molecule has 4 heteroatoms. The Balaban J connectivity index is 2.07. The third-order valence-corrected chi connectivity index (χ3v) is 3.54. The summed E-state index contributed by atoms with van der Waals surface area (Å²) in [5.74, 6) is 1.01. The Kier molecular flexibility index (Phi) is 3.64. The van der Waals surface area contributed by atoms with Crippen molar-refractivity contribution >= 4 is 5.82 Å². The fourth-order valence-electron chi connectivity index (χ4n) is 2.09. The molecule has 1 N–H and O–H groups in total. The first-order valence-corrected chi connectivity index (χ1v) is 6.17. The number of hydrogen-bond acceptors (Lipinski definition) is 4. The van der Waals surface area contributed by atoms with Crippen molar-refractivity contribution < 1.29 is 5.11 Å². The molecule has 0 bridgehead atoms. The second-order valence-corrected chi connectivity index (χ2v) is 4.90. The van der Waals surface area contributed by atoms with Gasteiger partial charge in [-0.3, -0.25) is 0 Å². The first kappa shape index (κ1) is 12.3. The Bertz CT molecular complexity index is 363. The van der Waals surface area contributed by atoms with Crippen LogP contribution in [0.2, 0.25) is 0 Å². The molecule has 0 spiro atoms. The smallest absolute Gasteiger partial charge is 0.128 e. The Morgan fingerprint density at radius 3 is 2.71 bits per heavy atom. The largest absolute Gasteiger partial charge is 0.389 e. The van der Waals surface area contributed by atoms with Crippen LogP contribution in [0.1, 0.15) is 25.5 Å². The van der Waals surface area contributed by atoms with E-state index in [1.807, 2.05) is 12.1 Å². The van der Waals surface area contributed by atoms with Crippen molar-refractivity contribution in [3.63, 3.8) is 0 Å². The second-order valence-electron chi connectivity index (χ2n) is 4.90. The van der Waals surface area contributed by atoms with E-state index < -0.39 is 6.10 Å². The highest BCUT2D eigenvalue weighted by atomic mass is 16.3. The summed E-state index contributed by atoms with van der Waals surface area (Å²) in [5.41, 5.74) is 0.871. The zero-order chi connectivity index (χ0) is 12.4. The number of pyridine rings is 1. The van der Waals surface area contributed by atoms with Crippen LogP contribution in [0.5, 0.6) is 0 Å². The van der Waals surface area contributed by atoms with Gasteiger partial charge in [0.05, 0.1) is 6.10 Å². The summed E-state index contributed by atoms with van der Waals surface area (Å²) in [5, 5.41) is 9.44. The van der Waals surface area contributed by atoms with Crippen molar-refractivity contribution in [2.45, 2.75) is 26.0 Å². The monoisotopic (exact) mass is 235 g/mol. The normalized spacial score (nSPS) is 23.8. The standard InChI is InChI=1S/C13H21N3O/c1-10-9-16(7-6-15(10)3)13-5-4-12(8-14-13)11(2)17/h4-5,8,10-11,17H,6-7,9H2,1-3H3/t10?,11-/m0/s1. The van der Waals surface area contributed by atoms with Crippen molar-refractivity contribution in [3.05, 3.63) is 23.9 Å². The SMILES string of the molecule is CC1CN(c2ccc([C@H](C)O)cn2)CCN1C. The van der Waals surface area contributed by atoms with Gasteiger partial charge in [0.25, 0.3) is 0 Å². The minimum absolute atomic E-state index is 0.442. The van der Waals surface area contributed by atoms with E-state index in [-0.39, 0.29) is 0 Å². The molecule has 2 rings (SSSR count). The number of piperazine rings is 1. The number of aromatic nitrogens is 1. The van der Waals surface area contributed by atoms with E-state index in [1.54, 1.807) is 13.1 Å². The predicted octanol–water partition coefficient (Wildman–Crippen LogP) is 1.28. The minimum Gasteiger partial charge on any atom is -0.389 e. The molecule has 1 fully saturated rings. The van der Waals surface area contributed by atoms with Gasteiger partial charge in [0, 0.05) is 31.9 Å². The van der Waals surface area contributed by atoms with Gasteiger partial charge in [-0.25, -0.2) is 4.98 Å². The molecule has 2 heterocycles. The van der Waals surface area contributed by atoms with Gasteiger partial charge in [0.15, 0.2) is 0 Å². The molecular formula is C13H21N3O. The van der Waals surface area contributed by atoms with Crippen LogP contribution in [-0.2, 0) is 0 Å². The maximum Gasteiger partial charge on any atom is 0.128 e.